The summed E-state index contributed by atoms with van der Waals surface area (Å²) in [4.78, 5) is 26.4. The van der Waals surface area contributed by atoms with Crippen LogP contribution in [0, 0.1) is 0 Å². The quantitative estimate of drug-likeness (QED) is 0.721. The van der Waals surface area contributed by atoms with Gasteiger partial charge in [-0.3, -0.25) is 9.59 Å². The van der Waals surface area contributed by atoms with Crippen molar-refractivity contribution in [3.63, 3.8) is 0 Å². The van der Waals surface area contributed by atoms with Gasteiger partial charge in [-0.15, -0.1) is 0 Å². The Bertz CT molecular complexity index is 1190. The van der Waals surface area contributed by atoms with Gasteiger partial charge in [0.05, 0.1) is 18.4 Å². The largest absolute Gasteiger partial charge is 0.502 e. The molecule has 1 aliphatic heterocycles. The molecule has 0 saturated heterocycles. The molecule has 0 bridgehead atoms. The van der Waals surface area contributed by atoms with E-state index in [2.05, 4.69) is 5.10 Å². The van der Waals surface area contributed by atoms with Gasteiger partial charge in [-0.25, -0.2) is 4.68 Å². The number of nitrogens with zero attached hydrogens (tertiary/aromatic N) is 3. The van der Waals surface area contributed by atoms with Crippen LogP contribution in [0.1, 0.15) is 28.5 Å². The van der Waals surface area contributed by atoms with E-state index in [1.807, 2.05) is 55.5 Å². The van der Waals surface area contributed by atoms with E-state index in [4.69, 9.17) is 11.6 Å². The second kappa shape index (κ2) is 7.56. The van der Waals surface area contributed by atoms with Crippen molar-refractivity contribution < 1.29 is 9.90 Å². The van der Waals surface area contributed by atoms with Crippen LogP contribution in [0.2, 0.25) is 5.02 Å². The summed E-state index contributed by atoms with van der Waals surface area (Å²) < 4.78 is 1.37. The lowest BCUT2D eigenvalue weighted by molar-refractivity contribution is 0.0752. The monoisotopic (exact) mass is 407 g/mol. The van der Waals surface area contributed by atoms with Gasteiger partial charge in [-0.2, -0.15) is 5.10 Å². The molecule has 3 aromatic rings. The molecule has 1 N–H and O–H groups in total. The number of aromatic hydroxyl groups is 1. The zero-order valence-corrected chi connectivity index (χ0v) is 16.4. The van der Waals surface area contributed by atoms with Gasteiger partial charge in [0.2, 0.25) is 5.43 Å². The van der Waals surface area contributed by atoms with E-state index >= 15 is 0 Å². The van der Waals surface area contributed by atoms with Gasteiger partial charge < -0.3 is 10.0 Å². The zero-order valence-electron chi connectivity index (χ0n) is 15.7. The minimum Gasteiger partial charge on any atom is -0.502 e. The Labute approximate surface area is 172 Å². The first-order valence-corrected chi connectivity index (χ1v) is 9.54. The molecule has 0 atom stereocenters. The lowest BCUT2D eigenvalue weighted by Crippen LogP contribution is -2.42. The van der Waals surface area contributed by atoms with Crippen LogP contribution >= 0.6 is 11.6 Å². The number of hydrogen-bond acceptors (Lipinski definition) is 4. The van der Waals surface area contributed by atoms with Gasteiger partial charge in [0.1, 0.15) is 0 Å². The second-order valence-corrected chi connectivity index (χ2v) is 7.07. The fraction of sp³-hybridized carbons (Fsp3) is 0.136. The number of carbonyl (C=O) groups excluding carboxylic acids is 1. The molecular formula is C22H18ClN3O3. The van der Waals surface area contributed by atoms with E-state index in [1.54, 1.807) is 11.0 Å². The number of carbonyl (C=O) groups is 1. The number of hydrogen-bond donors (Lipinski definition) is 1. The van der Waals surface area contributed by atoms with Crippen LogP contribution in [0.3, 0.4) is 0 Å². The van der Waals surface area contributed by atoms with Crippen molar-refractivity contribution in [1.82, 2.24) is 14.7 Å². The molecule has 0 aliphatic carbocycles. The fourth-order valence-corrected chi connectivity index (χ4v) is 3.69. The summed E-state index contributed by atoms with van der Waals surface area (Å²) in [6, 6.07) is 17.1. The number of aromatic nitrogens is 2. The molecule has 1 aromatic heterocycles. The molecule has 0 fully saturated rings. The van der Waals surface area contributed by atoms with Crippen LogP contribution < -0.4 is 5.43 Å². The molecule has 7 heteroatoms. The maximum atomic E-state index is 12.8. The summed E-state index contributed by atoms with van der Waals surface area (Å²) in [6.07, 6.45) is 1.02. The molecule has 146 valence electrons. The van der Waals surface area contributed by atoms with Crippen LogP contribution in [0.25, 0.3) is 11.3 Å². The zero-order chi connectivity index (χ0) is 20.5. The first-order valence-electron chi connectivity index (χ1n) is 9.16. The highest BCUT2D eigenvalue weighted by Crippen LogP contribution is 2.34. The van der Waals surface area contributed by atoms with E-state index in [1.165, 1.54) is 4.68 Å². The van der Waals surface area contributed by atoms with Crippen molar-refractivity contribution >= 4 is 28.8 Å². The molecule has 1 amide bonds. The minimum atomic E-state index is -0.689. The summed E-state index contributed by atoms with van der Waals surface area (Å²) in [5.74, 6) is -1.03. The van der Waals surface area contributed by atoms with Crippen LogP contribution in [-0.4, -0.2) is 38.8 Å². The Morgan fingerprint density at radius 3 is 2.52 bits per heavy atom. The Morgan fingerprint density at radius 2 is 1.83 bits per heavy atom. The Hall–Kier alpha value is -3.38. The second-order valence-electron chi connectivity index (χ2n) is 6.64. The minimum absolute atomic E-state index is 0.129. The Kier molecular flexibility index (Phi) is 4.94. The molecule has 0 saturated carbocycles. The van der Waals surface area contributed by atoms with E-state index in [0.717, 1.165) is 22.9 Å². The highest BCUT2D eigenvalue weighted by molar-refractivity contribution is 6.30. The van der Waals surface area contributed by atoms with Crippen LogP contribution in [-0.2, 0) is 0 Å². The lowest BCUT2D eigenvalue weighted by Gasteiger charge is -2.32. The standard InChI is InChI=1S/C22H18ClN3O3/c1-2-25-13-17(26-20(22(25)29)21(28)18(27)12-24-26)19(14-7-4-3-5-8-14)15-9-6-10-16(23)11-15/h3-12,28H,2,13H2,1H3. The number of amides is 1. The van der Waals surface area contributed by atoms with Gasteiger partial charge in [-0.1, -0.05) is 54.1 Å². The van der Waals surface area contributed by atoms with E-state index in [0.29, 0.717) is 17.3 Å². The fourth-order valence-electron chi connectivity index (χ4n) is 3.50. The van der Waals surface area contributed by atoms with Crippen molar-refractivity contribution in [1.29, 1.82) is 0 Å². The predicted octanol–water partition coefficient (Wildman–Crippen LogP) is 3.49. The molecule has 2 aromatic carbocycles. The summed E-state index contributed by atoms with van der Waals surface area (Å²) in [5.41, 5.74) is 2.42. The van der Waals surface area contributed by atoms with E-state index in [-0.39, 0.29) is 12.2 Å². The summed E-state index contributed by atoms with van der Waals surface area (Å²) >= 11 is 6.25. The average molecular weight is 408 g/mol. The summed E-state index contributed by atoms with van der Waals surface area (Å²) in [6.45, 7) is 2.54. The third-order valence-corrected chi connectivity index (χ3v) is 5.13. The van der Waals surface area contributed by atoms with Crippen molar-refractivity contribution in [2.75, 3.05) is 13.1 Å². The molecule has 29 heavy (non-hydrogen) atoms. The molecule has 1 aliphatic rings. The molecule has 6 nitrogen and oxygen atoms in total. The predicted molar refractivity (Wildman–Crippen MR) is 112 cm³/mol. The van der Waals surface area contributed by atoms with Crippen molar-refractivity contribution in [3.05, 3.63) is 92.9 Å². The number of fused-ring (bicyclic) bond motifs is 1. The molecule has 0 radical (unpaired) electrons. The highest BCUT2D eigenvalue weighted by atomic mass is 35.5. The molecule has 4 rings (SSSR count). The number of likely N-dealkylation sites (N-methyl/N-ethyl adjacent to an activating group) is 1. The van der Waals surface area contributed by atoms with Gasteiger partial charge in [0.25, 0.3) is 5.91 Å². The molecule has 2 heterocycles. The Balaban J connectivity index is 2.11. The van der Waals surface area contributed by atoms with Gasteiger partial charge in [-0.05, 0) is 30.2 Å². The maximum Gasteiger partial charge on any atom is 0.276 e. The van der Waals surface area contributed by atoms with Crippen molar-refractivity contribution in [3.8, 4) is 5.75 Å². The topological polar surface area (TPSA) is 75.4 Å². The van der Waals surface area contributed by atoms with Crippen molar-refractivity contribution in [2.24, 2.45) is 0 Å². The van der Waals surface area contributed by atoms with Gasteiger partial charge in [0, 0.05) is 17.1 Å². The lowest BCUT2D eigenvalue weighted by atomic mass is 9.94. The molecule has 0 spiro atoms. The summed E-state index contributed by atoms with van der Waals surface area (Å²) in [5, 5.41) is 15.1. The number of halogens is 1. The number of rotatable bonds is 3. The number of benzene rings is 2. The van der Waals surface area contributed by atoms with Gasteiger partial charge in [0.15, 0.2) is 11.4 Å². The van der Waals surface area contributed by atoms with Gasteiger partial charge >= 0.3 is 0 Å². The third-order valence-electron chi connectivity index (χ3n) is 4.89. The maximum absolute atomic E-state index is 12.8. The highest BCUT2D eigenvalue weighted by Gasteiger charge is 2.33. The molecule has 0 unspecified atom stereocenters. The van der Waals surface area contributed by atoms with E-state index < -0.39 is 17.1 Å². The van der Waals surface area contributed by atoms with Crippen LogP contribution in [0.15, 0.2) is 65.6 Å². The van der Waals surface area contributed by atoms with E-state index in [9.17, 15) is 14.7 Å². The SMILES string of the molecule is CCN1CC(=C(c2ccccc2)c2cccc(Cl)c2)n2ncc(=O)c(O)c2C1=O. The molecular weight excluding hydrogens is 390 g/mol. The van der Waals surface area contributed by atoms with Crippen LogP contribution in [0.4, 0.5) is 0 Å². The van der Waals surface area contributed by atoms with Crippen molar-refractivity contribution in [2.45, 2.75) is 6.92 Å². The Morgan fingerprint density at radius 1 is 1.10 bits per heavy atom. The first-order chi connectivity index (χ1) is 14.0. The summed E-state index contributed by atoms with van der Waals surface area (Å²) in [7, 11) is 0. The average Bonchev–Trinajstić information content (AvgIpc) is 2.73. The smallest absolute Gasteiger partial charge is 0.276 e. The first kappa shape index (κ1) is 19.0. The van der Waals surface area contributed by atoms with Crippen LogP contribution in [0.5, 0.6) is 5.75 Å². The third kappa shape index (κ3) is 3.32. The normalized spacial score (nSPS) is 15.2.